The van der Waals surface area contributed by atoms with Gasteiger partial charge in [-0.15, -0.1) is 0 Å². The van der Waals surface area contributed by atoms with Crippen molar-refractivity contribution in [1.29, 1.82) is 0 Å². The molecular weight excluding hydrogens is 246 g/mol. The Morgan fingerprint density at radius 1 is 1.28 bits per heavy atom. The van der Waals surface area contributed by atoms with E-state index < -0.39 is 29.1 Å². The molecular formula is C10H7NO7. The molecule has 0 saturated carbocycles. The van der Waals surface area contributed by atoms with Gasteiger partial charge in [0.15, 0.2) is 12.2 Å². The zero-order chi connectivity index (χ0) is 13.3. The van der Waals surface area contributed by atoms with Gasteiger partial charge in [0.1, 0.15) is 5.75 Å². The quantitative estimate of drug-likeness (QED) is 0.270. The Balaban J connectivity index is 1.96. The molecule has 0 aliphatic carbocycles. The third kappa shape index (κ3) is 2.43. The van der Waals surface area contributed by atoms with Crippen molar-refractivity contribution >= 4 is 17.6 Å². The molecule has 1 heterocycles. The van der Waals surface area contributed by atoms with Crippen LogP contribution in [0.2, 0.25) is 0 Å². The summed E-state index contributed by atoms with van der Waals surface area (Å²) >= 11 is 0. The molecule has 0 bridgehead atoms. The number of epoxide rings is 1. The number of nitro benzene ring substituents is 1. The second-order valence-electron chi connectivity index (χ2n) is 3.49. The van der Waals surface area contributed by atoms with Gasteiger partial charge in [0.25, 0.3) is 5.69 Å². The Morgan fingerprint density at radius 3 is 2.33 bits per heavy atom. The van der Waals surface area contributed by atoms with Crippen LogP contribution in [0.25, 0.3) is 0 Å². The topological polar surface area (TPSA) is 119 Å². The lowest BCUT2D eigenvalue weighted by Crippen LogP contribution is -2.20. The van der Waals surface area contributed by atoms with Crippen LogP contribution >= 0.6 is 0 Å². The van der Waals surface area contributed by atoms with E-state index in [0.29, 0.717) is 0 Å². The van der Waals surface area contributed by atoms with Gasteiger partial charge in [-0.1, -0.05) is 0 Å². The van der Waals surface area contributed by atoms with Crippen molar-refractivity contribution in [3.63, 3.8) is 0 Å². The van der Waals surface area contributed by atoms with Crippen molar-refractivity contribution < 1.29 is 29.1 Å². The minimum atomic E-state index is -1.24. The van der Waals surface area contributed by atoms with Crippen LogP contribution in [-0.4, -0.2) is 34.2 Å². The third-order valence-corrected chi connectivity index (χ3v) is 2.23. The highest BCUT2D eigenvalue weighted by molar-refractivity contribution is 5.90. The van der Waals surface area contributed by atoms with Crippen LogP contribution in [0, 0.1) is 10.1 Å². The van der Waals surface area contributed by atoms with Gasteiger partial charge in [0.05, 0.1) is 4.92 Å². The van der Waals surface area contributed by atoms with Crippen LogP contribution in [0.5, 0.6) is 5.75 Å². The van der Waals surface area contributed by atoms with Crippen molar-refractivity contribution in [2.24, 2.45) is 0 Å². The molecule has 2 rings (SSSR count). The molecule has 0 radical (unpaired) electrons. The molecule has 0 aromatic heterocycles. The second kappa shape index (κ2) is 4.41. The maximum Gasteiger partial charge on any atom is 0.344 e. The number of esters is 1. The molecule has 0 unspecified atom stereocenters. The molecule has 2 atom stereocenters. The van der Waals surface area contributed by atoms with E-state index in [1.807, 2.05) is 0 Å². The predicted molar refractivity (Wildman–Crippen MR) is 55.0 cm³/mol. The maximum absolute atomic E-state index is 11.4. The Hall–Kier alpha value is -2.48. The number of non-ortho nitro benzene ring substituents is 1. The fraction of sp³-hybridized carbons (Fsp3) is 0.200. The number of rotatable bonds is 4. The number of ether oxygens (including phenoxy) is 2. The number of aliphatic carboxylic acids is 1. The van der Waals surface area contributed by atoms with Gasteiger partial charge in [0.2, 0.25) is 0 Å². The fourth-order valence-corrected chi connectivity index (χ4v) is 1.29. The van der Waals surface area contributed by atoms with Crippen LogP contribution in [0.4, 0.5) is 5.69 Å². The molecule has 8 nitrogen and oxygen atoms in total. The first kappa shape index (κ1) is 12.0. The number of hydrogen-bond acceptors (Lipinski definition) is 6. The highest BCUT2D eigenvalue weighted by Crippen LogP contribution is 2.25. The summed E-state index contributed by atoms with van der Waals surface area (Å²) < 4.78 is 9.40. The van der Waals surface area contributed by atoms with E-state index in [9.17, 15) is 19.7 Å². The van der Waals surface area contributed by atoms with Crippen molar-refractivity contribution in [1.82, 2.24) is 0 Å². The zero-order valence-corrected chi connectivity index (χ0v) is 8.81. The molecule has 1 fully saturated rings. The summed E-state index contributed by atoms with van der Waals surface area (Å²) in [5, 5.41) is 18.9. The van der Waals surface area contributed by atoms with E-state index in [1.54, 1.807) is 0 Å². The highest BCUT2D eigenvalue weighted by Gasteiger charge is 2.52. The molecule has 8 heteroatoms. The molecule has 18 heavy (non-hydrogen) atoms. The van der Waals surface area contributed by atoms with E-state index in [0.717, 1.165) is 0 Å². The summed E-state index contributed by atoms with van der Waals surface area (Å²) in [5.41, 5.74) is -0.138. The summed E-state index contributed by atoms with van der Waals surface area (Å²) in [7, 11) is 0. The summed E-state index contributed by atoms with van der Waals surface area (Å²) in [4.78, 5) is 31.6. The van der Waals surface area contributed by atoms with Gasteiger partial charge < -0.3 is 14.6 Å². The lowest BCUT2D eigenvalue weighted by Gasteiger charge is -2.01. The van der Waals surface area contributed by atoms with Gasteiger partial charge in [-0.3, -0.25) is 10.1 Å². The van der Waals surface area contributed by atoms with Gasteiger partial charge in [-0.2, -0.15) is 0 Å². The van der Waals surface area contributed by atoms with Gasteiger partial charge in [0, 0.05) is 12.1 Å². The van der Waals surface area contributed by atoms with E-state index in [1.165, 1.54) is 24.3 Å². The summed E-state index contributed by atoms with van der Waals surface area (Å²) in [5.74, 6) is -1.98. The van der Waals surface area contributed by atoms with E-state index in [-0.39, 0.29) is 11.4 Å². The van der Waals surface area contributed by atoms with Crippen molar-refractivity contribution in [3.8, 4) is 5.75 Å². The van der Waals surface area contributed by atoms with E-state index in [2.05, 4.69) is 4.74 Å². The monoisotopic (exact) mass is 253 g/mol. The number of carboxylic acid groups (broad SMARTS) is 1. The number of hydrogen-bond donors (Lipinski definition) is 1. The zero-order valence-electron chi connectivity index (χ0n) is 8.81. The first-order chi connectivity index (χ1) is 8.49. The maximum atomic E-state index is 11.4. The average Bonchev–Trinajstić information content (AvgIpc) is 3.09. The molecule has 1 aliphatic heterocycles. The first-order valence-corrected chi connectivity index (χ1v) is 4.83. The van der Waals surface area contributed by atoms with Gasteiger partial charge in [-0.25, -0.2) is 9.59 Å². The number of nitrogens with zero attached hydrogens (tertiary/aromatic N) is 1. The fourth-order valence-electron chi connectivity index (χ4n) is 1.29. The Bertz CT molecular complexity index is 509. The molecule has 1 aliphatic rings. The number of carboxylic acids is 1. The number of carbonyl (C=O) groups is 2. The SMILES string of the molecule is O=C(O)[C@H]1O[C@@H]1C(=O)Oc1ccc([N+](=O)[O-])cc1. The predicted octanol–water partition coefficient (Wildman–Crippen LogP) is 0.352. The van der Waals surface area contributed by atoms with Gasteiger partial charge in [-0.05, 0) is 12.1 Å². The van der Waals surface area contributed by atoms with Crippen molar-refractivity contribution in [2.75, 3.05) is 0 Å². The van der Waals surface area contributed by atoms with Crippen LogP contribution in [0.1, 0.15) is 0 Å². The first-order valence-electron chi connectivity index (χ1n) is 4.83. The molecule has 0 spiro atoms. The summed E-state index contributed by atoms with van der Waals surface area (Å²) in [6, 6.07) is 4.83. The highest BCUT2D eigenvalue weighted by atomic mass is 16.7. The number of benzene rings is 1. The minimum Gasteiger partial charge on any atom is -0.479 e. The van der Waals surface area contributed by atoms with Crippen LogP contribution < -0.4 is 4.74 Å². The molecule has 94 valence electrons. The summed E-state index contributed by atoms with van der Waals surface area (Å²) in [6.07, 6.45) is -2.28. The number of carbonyl (C=O) groups excluding carboxylic acids is 1. The molecule has 1 saturated heterocycles. The Kier molecular flexibility index (Phi) is 2.94. The van der Waals surface area contributed by atoms with Crippen molar-refractivity contribution in [3.05, 3.63) is 34.4 Å². The largest absolute Gasteiger partial charge is 0.479 e. The Morgan fingerprint density at radius 2 is 1.89 bits per heavy atom. The third-order valence-electron chi connectivity index (χ3n) is 2.23. The Labute approximate surface area is 99.9 Å². The molecule has 0 amide bonds. The molecule has 1 N–H and O–H groups in total. The minimum absolute atomic E-state index is 0.0882. The normalized spacial score (nSPS) is 21.1. The van der Waals surface area contributed by atoms with E-state index in [4.69, 9.17) is 9.84 Å². The summed E-state index contributed by atoms with van der Waals surface area (Å²) in [6.45, 7) is 0. The van der Waals surface area contributed by atoms with Crippen LogP contribution in [0.3, 0.4) is 0 Å². The number of nitro groups is 1. The lowest BCUT2D eigenvalue weighted by atomic mass is 10.3. The smallest absolute Gasteiger partial charge is 0.344 e. The van der Waals surface area contributed by atoms with Crippen LogP contribution in [0.15, 0.2) is 24.3 Å². The van der Waals surface area contributed by atoms with Gasteiger partial charge >= 0.3 is 11.9 Å². The van der Waals surface area contributed by atoms with Crippen LogP contribution in [-0.2, 0) is 14.3 Å². The van der Waals surface area contributed by atoms with E-state index >= 15 is 0 Å². The molecule has 1 aromatic rings. The molecule has 1 aromatic carbocycles. The standard InChI is InChI=1S/C10H7NO7/c12-9(13)7-8(18-7)10(14)17-6-3-1-5(2-4-6)11(15)16/h1-4,7-8H,(H,12,13)/t7-,8-/m0/s1. The van der Waals surface area contributed by atoms with Crippen molar-refractivity contribution in [2.45, 2.75) is 12.2 Å². The average molecular weight is 253 g/mol. The second-order valence-corrected chi connectivity index (χ2v) is 3.49. The lowest BCUT2D eigenvalue weighted by molar-refractivity contribution is -0.384.